The van der Waals surface area contributed by atoms with Crippen molar-refractivity contribution in [2.24, 2.45) is 5.41 Å². The maximum atomic E-state index is 8.81. The molecule has 0 amide bonds. The summed E-state index contributed by atoms with van der Waals surface area (Å²) in [6.45, 7) is 8.11. The highest BCUT2D eigenvalue weighted by molar-refractivity contribution is 5.50. The Hall–Kier alpha value is -1.63. The third-order valence-electron chi connectivity index (χ3n) is 1.96. The van der Waals surface area contributed by atoms with E-state index >= 15 is 0 Å². The van der Waals surface area contributed by atoms with Crippen LogP contribution in [0.4, 0.5) is 5.82 Å². The standard InChI is InChI=1S/C11H16N4/c1-7-8(6-12)10(13)15-9(14-7)5-11(2,3)4/h5H2,1-4H3,(H2,13,14,15). The van der Waals surface area contributed by atoms with Gasteiger partial charge in [0.1, 0.15) is 23.3 Å². The van der Waals surface area contributed by atoms with Gasteiger partial charge in [0.15, 0.2) is 0 Å². The molecule has 1 rings (SSSR count). The first-order chi connectivity index (χ1) is 6.83. The van der Waals surface area contributed by atoms with Gasteiger partial charge < -0.3 is 5.73 Å². The van der Waals surface area contributed by atoms with Crippen molar-refractivity contribution in [3.8, 4) is 6.07 Å². The summed E-state index contributed by atoms with van der Waals surface area (Å²) in [6.07, 6.45) is 0.754. The molecule has 4 nitrogen and oxygen atoms in total. The second-order valence-electron chi connectivity index (χ2n) is 4.83. The molecule has 0 aliphatic rings. The van der Waals surface area contributed by atoms with Crippen molar-refractivity contribution in [1.82, 2.24) is 9.97 Å². The summed E-state index contributed by atoms with van der Waals surface area (Å²) in [5.41, 5.74) is 6.83. The molecule has 0 saturated heterocycles. The zero-order valence-corrected chi connectivity index (χ0v) is 9.63. The van der Waals surface area contributed by atoms with Crippen LogP contribution in [0.25, 0.3) is 0 Å². The maximum absolute atomic E-state index is 8.81. The van der Waals surface area contributed by atoms with E-state index in [9.17, 15) is 0 Å². The smallest absolute Gasteiger partial charge is 0.145 e. The molecule has 1 aromatic rings. The van der Waals surface area contributed by atoms with Gasteiger partial charge in [-0.2, -0.15) is 5.26 Å². The first-order valence-electron chi connectivity index (χ1n) is 4.86. The van der Waals surface area contributed by atoms with Crippen molar-refractivity contribution in [1.29, 1.82) is 5.26 Å². The number of aromatic nitrogens is 2. The fourth-order valence-corrected chi connectivity index (χ4v) is 1.35. The number of rotatable bonds is 1. The van der Waals surface area contributed by atoms with E-state index in [1.54, 1.807) is 6.92 Å². The van der Waals surface area contributed by atoms with Crippen LogP contribution in [0.5, 0.6) is 0 Å². The highest BCUT2D eigenvalue weighted by Crippen LogP contribution is 2.20. The maximum Gasteiger partial charge on any atom is 0.145 e. The van der Waals surface area contributed by atoms with Crippen LogP contribution in [0.2, 0.25) is 0 Å². The molecule has 1 aromatic heterocycles. The Bertz CT molecular complexity index is 387. The summed E-state index contributed by atoms with van der Waals surface area (Å²) < 4.78 is 0. The third-order valence-corrected chi connectivity index (χ3v) is 1.96. The van der Waals surface area contributed by atoms with Crippen molar-refractivity contribution in [3.63, 3.8) is 0 Å². The van der Waals surface area contributed by atoms with Crippen molar-refractivity contribution in [3.05, 3.63) is 17.1 Å². The molecule has 0 saturated carbocycles. The van der Waals surface area contributed by atoms with Gasteiger partial charge in [-0.15, -0.1) is 0 Å². The average Bonchev–Trinajstić information content (AvgIpc) is 1.99. The highest BCUT2D eigenvalue weighted by atomic mass is 15.0. The van der Waals surface area contributed by atoms with Gasteiger partial charge in [-0.05, 0) is 12.3 Å². The largest absolute Gasteiger partial charge is 0.382 e. The number of anilines is 1. The SMILES string of the molecule is Cc1nc(CC(C)(C)C)nc(N)c1C#N. The van der Waals surface area contributed by atoms with Crippen LogP contribution in [0.1, 0.15) is 37.9 Å². The van der Waals surface area contributed by atoms with E-state index in [1.807, 2.05) is 6.07 Å². The van der Waals surface area contributed by atoms with Gasteiger partial charge in [0.25, 0.3) is 0 Å². The van der Waals surface area contributed by atoms with Crippen LogP contribution < -0.4 is 5.73 Å². The number of nitrogens with zero attached hydrogens (tertiary/aromatic N) is 3. The molecule has 0 radical (unpaired) electrons. The minimum absolute atomic E-state index is 0.118. The molecule has 0 spiro atoms. The number of nitriles is 1. The number of nitrogen functional groups attached to an aromatic ring is 1. The first-order valence-corrected chi connectivity index (χ1v) is 4.86. The molecule has 15 heavy (non-hydrogen) atoms. The average molecular weight is 204 g/mol. The highest BCUT2D eigenvalue weighted by Gasteiger charge is 2.15. The second-order valence-corrected chi connectivity index (χ2v) is 4.83. The summed E-state index contributed by atoms with van der Waals surface area (Å²) in [5.74, 6) is 0.987. The Morgan fingerprint density at radius 3 is 2.33 bits per heavy atom. The van der Waals surface area contributed by atoms with E-state index in [2.05, 4.69) is 30.7 Å². The molecule has 0 aromatic carbocycles. The Morgan fingerprint density at radius 2 is 1.93 bits per heavy atom. The van der Waals surface area contributed by atoms with E-state index in [0.29, 0.717) is 17.1 Å². The summed E-state index contributed by atoms with van der Waals surface area (Å²) >= 11 is 0. The molecule has 4 heteroatoms. The van der Waals surface area contributed by atoms with Gasteiger partial charge in [0.05, 0.1) is 5.69 Å². The summed E-state index contributed by atoms with van der Waals surface area (Å²) in [7, 11) is 0. The lowest BCUT2D eigenvalue weighted by molar-refractivity contribution is 0.400. The van der Waals surface area contributed by atoms with Crippen LogP contribution >= 0.6 is 0 Å². The van der Waals surface area contributed by atoms with Crippen molar-refractivity contribution < 1.29 is 0 Å². The molecule has 80 valence electrons. The third kappa shape index (κ3) is 2.91. The summed E-state index contributed by atoms with van der Waals surface area (Å²) in [6, 6.07) is 2.00. The van der Waals surface area contributed by atoms with Crippen LogP contribution in [0.15, 0.2) is 0 Å². The Balaban J connectivity index is 3.11. The van der Waals surface area contributed by atoms with Crippen molar-refractivity contribution in [2.45, 2.75) is 34.1 Å². The molecular formula is C11H16N4. The number of nitrogens with two attached hydrogens (primary N) is 1. The van der Waals surface area contributed by atoms with Crippen molar-refractivity contribution >= 4 is 5.82 Å². The molecule has 0 aliphatic carbocycles. The fraction of sp³-hybridized carbons (Fsp3) is 0.545. The van der Waals surface area contributed by atoms with E-state index in [1.165, 1.54) is 0 Å². The van der Waals surface area contributed by atoms with Crippen molar-refractivity contribution in [2.75, 3.05) is 5.73 Å². The molecule has 2 N–H and O–H groups in total. The minimum atomic E-state index is 0.118. The van der Waals surface area contributed by atoms with Crippen LogP contribution in [-0.2, 0) is 6.42 Å². The Morgan fingerprint density at radius 1 is 1.33 bits per heavy atom. The minimum Gasteiger partial charge on any atom is -0.382 e. The van der Waals surface area contributed by atoms with Crippen LogP contribution in [0, 0.1) is 23.7 Å². The van der Waals surface area contributed by atoms with Gasteiger partial charge in [-0.3, -0.25) is 0 Å². The first kappa shape index (κ1) is 11.4. The van der Waals surface area contributed by atoms with E-state index in [0.717, 1.165) is 6.42 Å². The zero-order valence-electron chi connectivity index (χ0n) is 9.63. The lowest BCUT2D eigenvalue weighted by Crippen LogP contribution is -2.14. The Kier molecular flexibility index (Phi) is 2.94. The molecule has 1 heterocycles. The van der Waals surface area contributed by atoms with Gasteiger partial charge in [-0.1, -0.05) is 20.8 Å². The van der Waals surface area contributed by atoms with Gasteiger partial charge >= 0.3 is 0 Å². The zero-order chi connectivity index (χ0) is 11.6. The molecule has 0 atom stereocenters. The van der Waals surface area contributed by atoms with E-state index in [4.69, 9.17) is 11.0 Å². The predicted molar refractivity (Wildman–Crippen MR) is 59.1 cm³/mol. The lowest BCUT2D eigenvalue weighted by Gasteiger charge is -2.17. The molecule has 0 aliphatic heterocycles. The second kappa shape index (κ2) is 3.85. The normalized spacial score (nSPS) is 11.1. The van der Waals surface area contributed by atoms with Gasteiger partial charge in [0, 0.05) is 6.42 Å². The fourth-order valence-electron chi connectivity index (χ4n) is 1.35. The van der Waals surface area contributed by atoms with Crippen LogP contribution in [-0.4, -0.2) is 9.97 Å². The Labute approximate surface area is 90.2 Å². The monoisotopic (exact) mass is 204 g/mol. The van der Waals surface area contributed by atoms with E-state index in [-0.39, 0.29) is 11.2 Å². The van der Waals surface area contributed by atoms with E-state index < -0.39 is 0 Å². The quantitative estimate of drug-likeness (QED) is 0.757. The molecule has 0 unspecified atom stereocenters. The summed E-state index contributed by atoms with van der Waals surface area (Å²) in [5, 5.41) is 8.81. The molecule has 0 fully saturated rings. The lowest BCUT2D eigenvalue weighted by atomic mass is 9.92. The number of hydrogen-bond donors (Lipinski definition) is 1. The topological polar surface area (TPSA) is 75.6 Å². The number of aryl methyl sites for hydroxylation is 1. The molecular weight excluding hydrogens is 188 g/mol. The predicted octanol–water partition coefficient (Wildman–Crippen LogP) is 1.83. The van der Waals surface area contributed by atoms with Crippen LogP contribution in [0.3, 0.4) is 0 Å². The summed E-state index contributed by atoms with van der Waals surface area (Å²) in [4.78, 5) is 8.41. The van der Waals surface area contributed by atoms with Gasteiger partial charge in [0.2, 0.25) is 0 Å². The number of hydrogen-bond acceptors (Lipinski definition) is 4. The molecule has 0 bridgehead atoms. The van der Waals surface area contributed by atoms with Gasteiger partial charge in [-0.25, -0.2) is 9.97 Å².